The van der Waals surface area contributed by atoms with Crippen molar-refractivity contribution < 1.29 is 9.53 Å². The van der Waals surface area contributed by atoms with Crippen molar-refractivity contribution in [2.45, 2.75) is 46.0 Å². The summed E-state index contributed by atoms with van der Waals surface area (Å²) in [6.07, 6.45) is 10.8. The van der Waals surface area contributed by atoms with E-state index >= 15 is 0 Å². The van der Waals surface area contributed by atoms with Crippen molar-refractivity contribution in [3.05, 3.63) is 23.3 Å². The molecule has 0 aliphatic heterocycles. The van der Waals surface area contributed by atoms with Gasteiger partial charge in [0.25, 0.3) is 0 Å². The molecule has 0 spiro atoms. The Morgan fingerprint density at radius 1 is 1.21 bits per heavy atom. The maximum absolute atomic E-state index is 12.2. The van der Waals surface area contributed by atoms with Crippen LogP contribution in [0.25, 0.3) is 0 Å². The van der Waals surface area contributed by atoms with Crippen molar-refractivity contribution in [3.8, 4) is 0 Å². The molecule has 0 aromatic carbocycles. The summed E-state index contributed by atoms with van der Waals surface area (Å²) in [6.45, 7) is 4.72. The number of hydrogen-bond acceptors (Lipinski definition) is 2. The number of hydrogen-bond donors (Lipinski definition) is 0. The van der Waals surface area contributed by atoms with Gasteiger partial charge in [-0.2, -0.15) is 0 Å². The van der Waals surface area contributed by atoms with Gasteiger partial charge >= 0.3 is 5.97 Å². The topological polar surface area (TPSA) is 26.3 Å². The third-order valence-electron chi connectivity index (χ3n) is 5.12. The molecule has 0 saturated heterocycles. The summed E-state index contributed by atoms with van der Waals surface area (Å²) in [6, 6.07) is 0. The molecule has 0 aromatic heterocycles. The van der Waals surface area contributed by atoms with Crippen LogP contribution in [0.15, 0.2) is 23.3 Å². The van der Waals surface area contributed by atoms with Crippen LogP contribution in [0, 0.1) is 23.7 Å². The summed E-state index contributed by atoms with van der Waals surface area (Å²) in [5, 5.41) is 0. The lowest BCUT2D eigenvalue weighted by Gasteiger charge is -2.30. The van der Waals surface area contributed by atoms with Gasteiger partial charge in [-0.05, 0) is 49.5 Å². The lowest BCUT2D eigenvalue weighted by atomic mass is 9.75. The maximum atomic E-state index is 12.2. The molecule has 0 amide bonds. The van der Waals surface area contributed by atoms with Crippen molar-refractivity contribution in [2.75, 3.05) is 6.61 Å². The Hall–Kier alpha value is -1.05. The van der Waals surface area contributed by atoms with Crippen molar-refractivity contribution in [2.24, 2.45) is 23.7 Å². The summed E-state index contributed by atoms with van der Waals surface area (Å²) in [5.41, 5.74) is 2.46. The zero-order valence-corrected chi connectivity index (χ0v) is 12.0. The number of esters is 1. The second-order valence-electron chi connectivity index (χ2n) is 6.38. The van der Waals surface area contributed by atoms with E-state index in [4.69, 9.17) is 4.74 Å². The van der Waals surface area contributed by atoms with Crippen LogP contribution < -0.4 is 0 Å². The molecule has 2 bridgehead atoms. The first-order valence-electron chi connectivity index (χ1n) is 7.80. The molecule has 19 heavy (non-hydrogen) atoms. The number of fused-ring (bicyclic) bond motifs is 2. The zero-order valence-electron chi connectivity index (χ0n) is 12.0. The van der Waals surface area contributed by atoms with E-state index < -0.39 is 0 Å². The van der Waals surface area contributed by atoms with Crippen LogP contribution in [0.3, 0.4) is 0 Å². The average Bonchev–Trinajstić information content (AvgIpc) is 3.00. The highest BCUT2D eigenvalue weighted by atomic mass is 16.5. The predicted octanol–water partition coefficient (Wildman–Crippen LogP) is 3.88. The van der Waals surface area contributed by atoms with E-state index in [1.54, 1.807) is 0 Å². The Morgan fingerprint density at radius 2 is 1.89 bits per heavy atom. The first-order chi connectivity index (χ1) is 9.20. The van der Waals surface area contributed by atoms with Crippen molar-refractivity contribution in [1.82, 2.24) is 0 Å². The fourth-order valence-electron chi connectivity index (χ4n) is 4.13. The van der Waals surface area contributed by atoms with E-state index in [1.807, 2.05) is 6.92 Å². The molecule has 0 N–H and O–H groups in total. The highest BCUT2D eigenvalue weighted by Gasteiger charge is 2.42. The summed E-state index contributed by atoms with van der Waals surface area (Å²) >= 11 is 0. The smallest absolute Gasteiger partial charge is 0.334 e. The maximum Gasteiger partial charge on any atom is 0.334 e. The SMILES string of the molecule is CCOC(=O)C1=C(C2CCC(C)CC2)C2C=CC1C2. The first kappa shape index (κ1) is 13.0. The zero-order chi connectivity index (χ0) is 13.4. The molecular weight excluding hydrogens is 236 g/mol. The van der Waals surface area contributed by atoms with Crippen LogP contribution in [0.5, 0.6) is 0 Å². The highest BCUT2D eigenvalue weighted by Crippen LogP contribution is 2.50. The van der Waals surface area contributed by atoms with E-state index in [-0.39, 0.29) is 5.97 Å². The van der Waals surface area contributed by atoms with E-state index in [0.717, 1.165) is 17.9 Å². The number of carbonyl (C=O) groups is 1. The molecule has 3 aliphatic carbocycles. The van der Waals surface area contributed by atoms with Gasteiger partial charge in [0.15, 0.2) is 0 Å². The van der Waals surface area contributed by atoms with Gasteiger partial charge in [-0.15, -0.1) is 0 Å². The fourth-order valence-corrected chi connectivity index (χ4v) is 4.13. The molecule has 1 saturated carbocycles. The molecule has 0 heterocycles. The third kappa shape index (κ3) is 2.26. The van der Waals surface area contributed by atoms with Gasteiger partial charge in [0.2, 0.25) is 0 Å². The molecule has 3 aliphatic rings. The van der Waals surface area contributed by atoms with Crippen LogP contribution in [0.4, 0.5) is 0 Å². The molecule has 2 atom stereocenters. The Bertz CT molecular complexity index is 425. The third-order valence-corrected chi connectivity index (χ3v) is 5.12. The van der Waals surface area contributed by atoms with Crippen LogP contribution in [0.1, 0.15) is 46.0 Å². The van der Waals surface area contributed by atoms with Crippen molar-refractivity contribution in [3.63, 3.8) is 0 Å². The molecule has 2 unspecified atom stereocenters. The van der Waals surface area contributed by atoms with Crippen LogP contribution in [-0.2, 0) is 9.53 Å². The Labute approximate surface area is 115 Å². The fraction of sp³-hybridized carbons (Fsp3) is 0.706. The van der Waals surface area contributed by atoms with Gasteiger partial charge in [0.1, 0.15) is 0 Å². The summed E-state index contributed by atoms with van der Waals surface area (Å²) < 4.78 is 5.29. The van der Waals surface area contributed by atoms with Crippen LogP contribution in [-0.4, -0.2) is 12.6 Å². The molecule has 0 radical (unpaired) electrons. The Morgan fingerprint density at radius 3 is 2.58 bits per heavy atom. The minimum atomic E-state index is -0.0482. The number of rotatable bonds is 3. The van der Waals surface area contributed by atoms with E-state index in [9.17, 15) is 4.79 Å². The van der Waals surface area contributed by atoms with Crippen molar-refractivity contribution in [1.29, 1.82) is 0 Å². The van der Waals surface area contributed by atoms with E-state index in [0.29, 0.717) is 24.4 Å². The first-order valence-corrected chi connectivity index (χ1v) is 7.80. The summed E-state index contributed by atoms with van der Waals surface area (Å²) in [4.78, 5) is 12.2. The summed E-state index contributed by atoms with van der Waals surface area (Å²) in [7, 11) is 0. The van der Waals surface area contributed by atoms with Gasteiger partial charge < -0.3 is 4.74 Å². The van der Waals surface area contributed by atoms with E-state index in [2.05, 4.69) is 19.1 Å². The molecule has 3 rings (SSSR count). The summed E-state index contributed by atoms with van der Waals surface area (Å²) in [5.74, 6) is 2.32. The minimum absolute atomic E-state index is 0.0482. The second kappa shape index (κ2) is 5.15. The van der Waals surface area contributed by atoms with E-state index in [1.165, 1.54) is 31.3 Å². The number of allylic oxidation sites excluding steroid dienone is 3. The molecular formula is C17H24O2. The minimum Gasteiger partial charge on any atom is -0.463 e. The van der Waals surface area contributed by atoms with Gasteiger partial charge in [-0.3, -0.25) is 0 Å². The van der Waals surface area contributed by atoms with Crippen LogP contribution >= 0.6 is 0 Å². The molecule has 104 valence electrons. The highest BCUT2D eigenvalue weighted by molar-refractivity contribution is 5.92. The molecule has 1 fully saturated rings. The average molecular weight is 260 g/mol. The number of carbonyl (C=O) groups excluding carboxylic acids is 1. The molecule has 2 heteroatoms. The monoisotopic (exact) mass is 260 g/mol. The molecule has 2 nitrogen and oxygen atoms in total. The standard InChI is InChI=1S/C17H24O2/c1-3-19-17(18)16-14-9-8-13(10-14)15(16)12-6-4-11(2)5-7-12/h8-9,11-14H,3-7,10H2,1-2H3. The second-order valence-corrected chi connectivity index (χ2v) is 6.38. The van der Waals surface area contributed by atoms with Gasteiger partial charge in [-0.25, -0.2) is 4.79 Å². The van der Waals surface area contributed by atoms with Gasteiger partial charge in [0, 0.05) is 11.5 Å². The van der Waals surface area contributed by atoms with Crippen molar-refractivity contribution >= 4 is 5.97 Å². The molecule has 0 aromatic rings. The Balaban J connectivity index is 1.84. The quantitative estimate of drug-likeness (QED) is 0.568. The lowest BCUT2D eigenvalue weighted by molar-refractivity contribution is -0.139. The lowest BCUT2D eigenvalue weighted by Crippen LogP contribution is -2.21. The number of ether oxygens (including phenoxy) is 1. The largest absolute Gasteiger partial charge is 0.463 e. The van der Waals surface area contributed by atoms with Crippen LogP contribution in [0.2, 0.25) is 0 Å². The normalized spacial score (nSPS) is 36.9. The predicted molar refractivity (Wildman–Crippen MR) is 75.5 cm³/mol. The Kier molecular flexibility index (Phi) is 3.51. The van der Waals surface area contributed by atoms with Gasteiger partial charge in [-0.1, -0.05) is 31.9 Å². The van der Waals surface area contributed by atoms with Gasteiger partial charge in [0.05, 0.1) is 6.61 Å².